The Morgan fingerprint density at radius 3 is 2.79 bits per heavy atom. The largest absolute Gasteiger partial charge is 0.310 e. The second-order valence-electron chi connectivity index (χ2n) is 5.49. The number of nitrogens with zero attached hydrogens (tertiary/aromatic N) is 2. The van der Waals surface area contributed by atoms with E-state index in [2.05, 4.69) is 15.5 Å². The van der Waals surface area contributed by atoms with E-state index in [0.29, 0.717) is 30.6 Å². The number of aromatic amines is 1. The van der Waals surface area contributed by atoms with E-state index in [9.17, 15) is 8.42 Å². The van der Waals surface area contributed by atoms with Gasteiger partial charge in [-0.15, -0.1) is 0 Å². The molecule has 6 nitrogen and oxygen atoms in total. The summed E-state index contributed by atoms with van der Waals surface area (Å²) in [6, 6.07) is 0.301. The summed E-state index contributed by atoms with van der Waals surface area (Å²) in [6.07, 6.45) is 3.84. The first-order chi connectivity index (χ1) is 8.91. The molecule has 0 spiro atoms. The van der Waals surface area contributed by atoms with Crippen LogP contribution < -0.4 is 5.32 Å². The summed E-state index contributed by atoms with van der Waals surface area (Å²) in [6.45, 7) is 5.14. The Bertz CT molecular complexity index is 520. The fourth-order valence-corrected chi connectivity index (χ4v) is 3.22. The number of hydrogen-bond donors (Lipinski definition) is 2. The van der Waals surface area contributed by atoms with Crippen LogP contribution in [0.3, 0.4) is 0 Å². The molecule has 0 saturated heterocycles. The van der Waals surface area contributed by atoms with Gasteiger partial charge in [-0.1, -0.05) is 13.8 Å². The van der Waals surface area contributed by atoms with Crippen LogP contribution in [0, 0.1) is 5.92 Å². The molecule has 0 bridgehead atoms. The van der Waals surface area contributed by atoms with Crippen molar-refractivity contribution < 1.29 is 8.42 Å². The van der Waals surface area contributed by atoms with Gasteiger partial charge in [0.1, 0.15) is 0 Å². The van der Waals surface area contributed by atoms with E-state index in [-0.39, 0.29) is 5.03 Å². The zero-order chi connectivity index (χ0) is 14.0. The molecule has 0 radical (unpaired) electrons. The van der Waals surface area contributed by atoms with Crippen molar-refractivity contribution in [1.82, 2.24) is 19.8 Å². The third-order valence-electron chi connectivity index (χ3n) is 3.26. The molecule has 0 amide bonds. The predicted octanol–water partition coefficient (Wildman–Crippen LogP) is 0.938. The molecule has 1 aliphatic rings. The van der Waals surface area contributed by atoms with E-state index in [1.54, 1.807) is 13.2 Å². The maximum Gasteiger partial charge on any atom is 0.260 e. The van der Waals surface area contributed by atoms with Gasteiger partial charge in [-0.05, 0) is 18.8 Å². The average molecular weight is 286 g/mol. The van der Waals surface area contributed by atoms with Crippen LogP contribution in [0.1, 0.15) is 32.3 Å². The second kappa shape index (κ2) is 5.60. The Hall–Kier alpha value is -0.920. The molecule has 108 valence electrons. The monoisotopic (exact) mass is 286 g/mol. The van der Waals surface area contributed by atoms with Gasteiger partial charge in [-0.3, -0.25) is 5.10 Å². The Morgan fingerprint density at radius 1 is 1.53 bits per heavy atom. The molecule has 1 saturated carbocycles. The lowest BCUT2D eigenvalue weighted by Gasteiger charge is -2.17. The van der Waals surface area contributed by atoms with Crippen molar-refractivity contribution in [3.05, 3.63) is 11.8 Å². The van der Waals surface area contributed by atoms with Crippen molar-refractivity contribution in [2.75, 3.05) is 13.6 Å². The first-order valence-electron chi connectivity index (χ1n) is 6.63. The van der Waals surface area contributed by atoms with Crippen LogP contribution >= 0.6 is 0 Å². The maximum atomic E-state index is 12.4. The van der Waals surface area contributed by atoms with Crippen molar-refractivity contribution in [2.45, 2.75) is 44.3 Å². The van der Waals surface area contributed by atoms with Crippen molar-refractivity contribution >= 4 is 10.0 Å². The molecular weight excluding hydrogens is 264 g/mol. The zero-order valence-corrected chi connectivity index (χ0v) is 12.5. The lowest BCUT2D eigenvalue weighted by atomic mass is 10.3. The standard InChI is InChI=1S/C12H22N4O2S/c1-9(2)13-6-11-7-14-15-12(11)19(17,18)16(3)8-10-4-5-10/h7,9-10,13H,4-6,8H2,1-3H3,(H,14,15). The summed E-state index contributed by atoms with van der Waals surface area (Å²) in [5, 5.41) is 9.92. The van der Waals surface area contributed by atoms with Crippen LogP contribution in [-0.2, 0) is 16.6 Å². The quantitative estimate of drug-likeness (QED) is 0.782. The highest BCUT2D eigenvalue weighted by molar-refractivity contribution is 7.89. The first-order valence-corrected chi connectivity index (χ1v) is 8.07. The Labute approximate surface area is 114 Å². The lowest BCUT2D eigenvalue weighted by molar-refractivity contribution is 0.448. The van der Waals surface area contributed by atoms with Gasteiger partial charge in [0.25, 0.3) is 10.0 Å². The molecule has 0 aromatic carbocycles. The van der Waals surface area contributed by atoms with Gasteiger partial charge in [0, 0.05) is 31.7 Å². The molecule has 1 aromatic heterocycles. The van der Waals surface area contributed by atoms with E-state index >= 15 is 0 Å². The second-order valence-corrected chi connectivity index (χ2v) is 7.47. The molecule has 0 unspecified atom stereocenters. The normalized spacial score (nSPS) is 16.5. The van der Waals surface area contributed by atoms with Gasteiger partial charge in [0.15, 0.2) is 5.03 Å². The van der Waals surface area contributed by atoms with Crippen molar-refractivity contribution in [3.63, 3.8) is 0 Å². The van der Waals surface area contributed by atoms with Crippen LogP contribution in [0.25, 0.3) is 0 Å². The SMILES string of the molecule is CC(C)NCc1cn[nH]c1S(=O)(=O)N(C)CC1CC1. The summed E-state index contributed by atoms with van der Waals surface area (Å²) in [4.78, 5) is 0. The molecule has 1 fully saturated rings. The zero-order valence-electron chi connectivity index (χ0n) is 11.7. The smallest absolute Gasteiger partial charge is 0.260 e. The third-order valence-corrected chi connectivity index (χ3v) is 5.10. The fraction of sp³-hybridized carbons (Fsp3) is 0.750. The topological polar surface area (TPSA) is 78.1 Å². The Kier molecular flexibility index (Phi) is 4.27. The van der Waals surface area contributed by atoms with Crippen LogP contribution in [-0.4, -0.2) is 42.6 Å². The van der Waals surface area contributed by atoms with E-state index in [1.807, 2.05) is 13.8 Å². The highest BCUT2D eigenvalue weighted by Crippen LogP contribution is 2.31. The van der Waals surface area contributed by atoms with Gasteiger partial charge in [-0.25, -0.2) is 8.42 Å². The molecule has 19 heavy (non-hydrogen) atoms. The maximum absolute atomic E-state index is 12.4. The minimum atomic E-state index is -3.45. The Balaban J connectivity index is 2.12. The van der Waals surface area contributed by atoms with Gasteiger partial charge in [0.2, 0.25) is 0 Å². The van der Waals surface area contributed by atoms with Crippen molar-refractivity contribution in [3.8, 4) is 0 Å². The highest BCUT2D eigenvalue weighted by Gasteiger charge is 2.31. The van der Waals surface area contributed by atoms with Crippen LogP contribution in [0.5, 0.6) is 0 Å². The van der Waals surface area contributed by atoms with Gasteiger partial charge < -0.3 is 5.32 Å². The lowest BCUT2D eigenvalue weighted by Crippen LogP contribution is -2.31. The molecule has 0 aliphatic heterocycles. The van der Waals surface area contributed by atoms with Gasteiger partial charge in [-0.2, -0.15) is 9.40 Å². The number of rotatable bonds is 7. The number of nitrogens with one attached hydrogen (secondary N) is 2. The van der Waals surface area contributed by atoms with Crippen molar-refractivity contribution in [1.29, 1.82) is 0 Å². The van der Waals surface area contributed by atoms with E-state index in [0.717, 1.165) is 12.8 Å². The molecular formula is C12H22N4O2S. The fourth-order valence-electron chi connectivity index (χ4n) is 1.88. The number of hydrogen-bond acceptors (Lipinski definition) is 4. The van der Waals surface area contributed by atoms with Crippen molar-refractivity contribution in [2.24, 2.45) is 5.92 Å². The average Bonchev–Trinajstić information content (AvgIpc) is 3.01. The van der Waals surface area contributed by atoms with E-state index in [1.165, 1.54) is 4.31 Å². The summed E-state index contributed by atoms with van der Waals surface area (Å²) >= 11 is 0. The minimum Gasteiger partial charge on any atom is -0.310 e. The Morgan fingerprint density at radius 2 is 2.21 bits per heavy atom. The molecule has 1 aromatic rings. The van der Waals surface area contributed by atoms with E-state index < -0.39 is 10.0 Å². The van der Waals surface area contributed by atoms with Gasteiger partial charge >= 0.3 is 0 Å². The first kappa shape index (κ1) is 14.5. The summed E-state index contributed by atoms with van der Waals surface area (Å²) in [7, 11) is -1.82. The van der Waals surface area contributed by atoms with Crippen LogP contribution in [0.15, 0.2) is 11.2 Å². The molecule has 1 aliphatic carbocycles. The molecule has 1 heterocycles. The molecule has 2 rings (SSSR count). The summed E-state index contributed by atoms with van der Waals surface area (Å²) in [5.41, 5.74) is 0.691. The molecule has 2 N–H and O–H groups in total. The van der Waals surface area contributed by atoms with E-state index in [4.69, 9.17) is 0 Å². The van der Waals surface area contributed by atoms with Crippen LogP contribution in [0.4, 0.5) is 0 Å². The predicted molar refractivity (Wildman–Crippen MR) is 73.1 cm³/mol. The number of H-pyrrole nitrogens is 1. The minimum absolute atomic E-state index is 0.212. The molecule has 0 atom stereocenters. The summed E-state index contributed by atoms with van der Waals surface area (Å²) < 4.78 is 26.3. The third kappa shape index (κ3) is 3.55. The molecule has 7 heteroatoms. The number of aromatic nitrogens is 2. The summed E-state index contributed by atoms with van der Waals surface area (Å²) in [5.74, 6) is 0.528. The van der Waals surface area contributed by atoms with Gasteiger partial charge in [0.05, 0.1) is 6.20 Å². The highest BCUT2D eigenvalue weighted by atomic mass is 32.2. The number of sulfonamides is 1. The van der Waals surface area contributed by atoms with Crippen LogP contribution in [0.2, 0.25) is 0 Å².